The number of hydrogen-bond acceptors (Lipinski definition) is 6. The van der Waals surface area contributed by atoms with Crippen LogP contribution in [0.1, 0.15) is 19.8 Å². The summed E-state index contributed by atoms with van der Waals surface area (Å²) in [5, 5.41) is 8.99. The Balaban J connectivity index is 1.58. The molecule has 0 radical (unpaired) electrons. The number of carbonyl (C=O) groups is 1. The molecule has 4 rings (SSSR count). The van der Waals surface area contributed by atoms with Gasteiger partial charge in [0.15, 0.2) is 0 Å². The van der Waals surface area contributed by atoms with Crippen LogP contribution in [-0.4, -0.2) is 46.7 Å². The van der Waals surface area contributed by atoms with E-state index in [1.807, 2.05) is 18.2 Å². The molecule has 0 spiro atoms. The average molecular weight is 495 g/mol. The number of benzene rings is 2. The highest BCUT2D eigenvalue weighted by Gasteiger charge is 2.24. The van der Waals surface area contributed by atoms with Gasteiger partial charge in [-0.3, -0.25) is 0 Å². The number of halogens is 3. The molecule has 0 bridgehead atoms. The number of ether oxygens (including phenoxy) is 1. The molecule has 168 valence electrons. The van der Waals surface area contributed by atoms with Crippen molar-refractivity contribution in [1.82, 2.24) is 14.9 Å². The summed E-state index contributed by atoms with van der Waals surface area (Å²) < 4.78 is 5.10. The first-order valence-corrected chi connectivity index (χ1v) is 11.4. The minimum atomic E-state index is -0.270. The number of carbonyl (C=O) groups excluding carboxylic acids is 1. The van der Waals surface area contributed by atoms with Crippen molar-refractivity contribution >= 4 is 69.3 Å². The van der Waals surface area contributed by atoms with Crippen LogP contribution in [0.3, 0.4) is 0 Å². The maximum absolute atomic E-state index is 12.0. The number of nitrogens with one attached hydrogen (secondary N) is 2. The van der Waals surface area contributed by atoms with Gasteiger partial charge in [0, 0.05) is 34.9 Å². The fourth-order valence-corrected chi connectivity index (χ4v) is 4.46. The number of amides is 1. The molecule has 32 heavy (non-hydrogen) atoms. The summed E-state index contributed by atoms with van der Waals surface area (Å²) in [5.41, 5.74) is 1.38. The molecule has 0 unspecified atom stereocenters. The molecule has 7 nitrogen and oxygen atoms in total. The molecule has 1 amide bonds. The van der Waals surface area contributed by atoms with Crippen LogP contribution in [0.2, 0.25) is 15.1 Å². The Morgan fingerprint density at radius 3 is 2.53 bits per heavy atom. The summed E-state index contributed by atoms with van der Waals surface area (Å²) in [6, 6.07) is 10.8. The summed E-state index contributed by atoms with van der Waals surface area (Å²) in [7, 11) is 0. The molecule has 2 heterocycles. The third-order valence-electron chi connectivity index (χ3n) is 5.15. The zero-order valence-electron chi connectivity index (χ0n) is 17.4. The van der Waals surface area contributed by atoms with Crippen LogP contribution in [0.15, 0.2) is 36.4 Å². The van der Waals surface area contributed by atoms with Gasteiger partial charge in [0.05, 0.1) is 22.5 Å². The van der Waals surface area contributed by atoms with E-state index in [2.05, 4.69) is 20.6 Å². The molecular formula is C22H22Cl3N5O2. The SMILES string of the molecule is CCOC(=O)N1CCC(Nc2nc(Nc3cc(Cl)cc(Cl)c3)nc3cccc(Cl)c23)CC1. The number of anilines is 3. The van der Waals surface area contributed by atoms with Gasteiger partial charge in [-0.2, -0.15) is 4.98 Å². The van der Waals surface area contributed by atoms with E-state index in [4.69, 9.17) is 39.5 Å². The Labute approximate surface area is 201 Å². The molecule has 0 saturated carbocycles. The van der Waals surface area contributed by atoms with Gasteiger partial charge in [0.1, 0.15) is 5.82 Å². The van der Waals surface area contributed by atoms with Crippen molar-refractivity contribution in [2.45, 2.75) is 25.8 Å². The second-order valence-electron chi connectivity index (χ2n) is 7.42. The summed E-state index contributed by atoms with van der Waals surface area (Å²) in [6.45, 7) is 3.40. The van der Waals surface area contributed by atoms with Crippen molar-refractivity contribution in [2.24, 2.45) is 0 Å². The normalized spacial score (nSPS) is 14.4. The summed E-state index contributed by atoms with van der Waals surface area (Å²) in [6.07, 6.45) is 1.26. The van der Waals surface area contributed by atoms with E-state index < -0.39 is 0 Å². The fourth-order valence-electron chi connectivity index (χ4n) is 3.67. The molecular weight excluding hydrogens is 473 g/mol. The predicted octanol–water partition coefficient (Wildman–Crippen LogP) is 6.37. The Morgan fingerprint density at radius 1 is 1.12 bits per heavy atom. The molecule has 10 heteroatoms. The first-order chi connectivity index (χ1) is 15.4. The van der Waals surface area contributed by atoms with Crippen LogP contribution < -0.4 is 10.6 Å². The summed E-state index contributed by atoms with van der Waals surface area (Å²) >= 11 is 18.7. The predicted molar refractivity (Wildman–Crippen MR) is 130 cm³/mol. The van der Waals surface area contributed by atoms with Gasteiger partial charge in [-0.1, -0.05) is 40.9 Å². The van der Waals surface area contributed by atoms with Crippen molar-refractivity contribution in [3.63, 3.8) is 0 Å². The zero-order valence-corrected chi connectivity index (χ0v) is 19.6. The lowest BCUT2D eigenvalue weighted by Crippen LogP contribution is -2.42. The van der Waals surface area contributed by atoms with E-state index in [-0.39, 0.29) is 12.1 Å². The molecule has 2 aromatic carbocycles. The number of fused-ring (bicyclic) bond motifs is 1. The van der Waals surface area contributed by atoms with Gasteiger partial charge in [-0.05, 0) is 50.1 Å². The van der Waals surface area contributed by atoms with Crippen LogP contribution in [0.4, 0.5) is 22.2 Å². The van der Waals surface area contributed by atoms with Crippen LogP contribution in [0.5, 0.6) is 0 Å². The molecule has 1 saturated heterocycles. The summed E-state index contributed by atoms with van der Waals surface area (Å²) in [4.78, 5) is 23.0. The molecule has 0 aliphatic carbocycles. The van der Waals surface area contributed by atoms with Gasteiger partial charge in [-0.25, -0.2) is 9.78 Å². The van der Waals surface area contributed by atoms with Gasteiger partial charge in [0.25, 0.3) is 0 Å². The van der Waals surface area contributed by atoms with E-state index in [1.54, 1.807) is 30.0 Å². The molecule has 1 fully saturated rings. The molecule has 2 N–H and O–H groups in total. The number of piperidine rings is 1. The average Bonchev–Trinajstić information content (AvgIpc) is 2.73. The maximum atomic E-state index is 12.0. The van der Waals surface area contributed by atoms with Gasteiger partial charge < -0.3 is 20.3 Å². The Bertz CT molecular complexity index is 1120. The van der Waals surface area contributed by atoms with Crippen molar-refractivity contribution < 1.29 is 9.53 Å². The first-order valence-electron chi connectivity index (χ1n) is 10.3. The van der Waals surface area contributed by atoms with Crippen LogP contribution in [0, 0.1) is 0 Å². The number of likely N-dealkylation sites (tertiary alicyclic amines) is 1. The van der Waals surface area contributed by atoms with Crippen LogP contribution in [0.25, 0.3) is 10.9 Å². The summed E-state index contributed by atoms with van der Waals surface area (Å²) in [5.74, 6) is 1.02. The Kier molecular flexibility index (Phi) is 7.08. The van der Waals surface area contributed by atoms with Crippen LogP contribution >= 0.6 is 34.8 Å². The quantitative estimate of drug-likeness (QED) is 0.429. The van der Waals surface area contributed by atoms with E-state index >= 15 is 0 Å². The number of aromatic nitrogens is 2. The molecule has 1 aliphatic rings. The van der Waals surface area contributed by atoms with Gasteiger partial charge in [0.2, 0.25) is 5.95 Å². The highest BCUT2D eigenvalue weighted by atomic mass is 35.5. The van der Waals surface area contributed by atoms with E-state index in [9.17, 15) is 4.79 Å². The third-order valence-corrected chi connectivity index (χ3v) is 5.90. The molecule has 1 aliphatic heterocycles. The third kappa shape index (κ3) is 5.28. The standard InChI is InChI=1S/C22H22Cl3N5O2/c1-2-32-22(31)30-8-6-15(7-9-30)26-20-19-17(25)4-3-5-18(19)28-21(29-20)27-16-11-13(23)10-14(24)12-16/h3-5,10-12,15H,2,6-9H2,1H3,(H2,26,27,28,29). The second kappa shape index (κ2) is 9.98. The van der Waals surface area contributed by atoms with Crippen LogP contribution in [-0.2, 0) is 4.74 Å². The minimum absolute atomic E-state index is 0.128. The highest BCUT2D eigenvalue weighted by molar-refractivity contribution is 6.36. The van der Waals surface area contributed by atoms with Crippen molar-refractivity contribution in [3.05, 3.63) is 51.5 Å². The zero-order chi connectivity index (χ0) is 22.7. The van der Waals surface area contributed by atoms with Crippen molar-refractivity contribution in [2.75, 3.05) is 30.3 Å². The number of nitrogens with zero attached hydrogens (tertiary/aromatic N) is 3. The number of rotatable bonds is 5. The smallest absolute Gasteiger partial charge is 0.409 e. The Hall–Kier alpha value is -2.48. The monoisotopic (exact) mass is 493 g/mol. The fraction of sp³-hybridized carbons (Fsp3) is 0.318. The first kappa shape index (κ1) is 22.7. The number of hydrogen-bond donors (Lipinski definition) is 2. The lowest BCUT2D eigenvalue weighted by atomic mass is 10.1. The lowest BCUT2D eigenvalue weighted by Gasteiger charge is -2.32. The van der Waals surface area contributed by atoms with E-state index in [0.29, 0.717) is 57.7 Å². The van der Waals surface area contributed by atoms with Crippen molar-refractivity contribution in [3.8, 4) is 0 Å². The maximum Gasteiger partial charge on any atom is 0.409 e. The second-order valence-corrected chi connectivity index (χ2v) is 8.70. The largest absolute Gasteiger partial charge is 0.450 e. The van der Waals surface area contributed by atoms with Gasteiger partial charge >= 0.3 is 6.09 Å². The molecule has 0 atom stereocenters. The lowest BCUT2D eigenvalue weighted by molar-refractivity contribution is 0.0983. The molecule has 3 aromatic rings. The highest BCUT2D eigenvalue weighted by Crippen LogP contribution is 2.32. The van der Waals surface area contributed by atoms with Gasteiger partial charge in [-0.15, -0.1) is 0 Å². The molecule has 1 aromatic heterocycles. The van der Waals surface area contributed by atoms with E-state index in [0.717, 1.165) is 18.2 Å². The van der Waals surface area contributed by atoms with Crippen molar-refractivity contribution in [1.29, 1.82) is 0 Å². The minimum Gasteiger partial charge on any atom is -0.450 e. The topological polar surface area (TPSA) is 79.4 Å². The Morgan fingerprint density at radius 2 is 1.84 bits per heavy atom. The van der Waals surface area contributed by atoms with E-state index in [1.165, 1.54) is 0 Å².